The molecule has 0 saturated heterocycles. The molecular weight excluding hydrogens is 292 g/mol. The number of nitrogen functional groups attached to an aromatic ring is 1. The Bertz CT molecular complexity index is 1020. The maximum Gasteiger partial charge on any atom is 0.181 e. The number of anilines is 1. The lowest BCUT2D eigenvalue weighted by atomic mass is 10.3. The predicted octanol–water partition coefficient (Wildman–Crippen LogP) is 2.00. The molecule has 4 aromatic rings. The molecular formula is C16H14N6O. The first-order valence-electron chi connectivity index (χ1n) is 6.97. The van der Waals surface area contributed by atoms with E-state index in [2.05, 4.69) is 19.9 Å². The number of nitrogens with two attached hydrogens (primary N) is 1. The van der Waals surface area contributed by atoms with Crippen LogP contribution in [0, 0.1) is 0 Å². The third-order valence-electron chi connectivity index (χ3n) is 3.47. The third kappa shape index (κ3) is 2.34. The fourth-order valence-corrected chi connectivity index (χ4v) is 2.32. The zero-order chi connectivity index (χ0) is 15.8. The third-order valence-corrected chi connectivity index (χ3v) is 3.47. The summed E-state index contributed by atoms with van der Waals surface area (Å²) < 4.78 is 1.69. The van der Waals surface area contributed by atoms with Gasteiger partial charge in [0.25, 0.3) is 0 Å². The Balaban J connectivity index is 0.00000169. The van der Waals surface area contributed by atoms with Gasteiger partial charge in [-0.1, -0.05) is 12.1 Å². The van der Waals surface area contributed by atoms with Crippen molar-refractivity contribution in [2.24, 2.45) is 0 Å². The number of rotatable bonds is 2. The molecule has 7 nitrogen and oxygen atoms in total. The molecule has 0 unspecified atom stereocenters. The first-order valence-corrected chi connectivity index (χ1v) is 6.97. The summed E-state index contributed by atoms with van der Waals surface area (Å²) in [5.41, 5.74) is 8.09. The fourth-order valence-electron chi connectivity index (χ4n) is 2.32. The summed E-state index contributed by atoms with van der Waals surface area (Å²) in [7, 11) is 0. The smallest absolute Gasteiger partial charge is 0.181 e. The van der Waals surface area contributed by atoms with E-state index in [-0.39, 0.29) is 12.7 Å². The normalized spacial score (nSPS) is 11.0. The highest BCUT2D eigenvalue weighted by Crippen LogP contribution is 2.23. The van der Waals surface area contributed by atoms with Crippen molar-refractivity contribution in [3.63, 3.8) is 0 Å². The number of aromatic amines is 1. The van der Waals surface area contributed by atoms with Crippen LogP contribution in [0.2, 0.25) is 0 Å². The Hall–Kier alpha value is -3.48. The highest BCUT2D eigenvalue weighted by molar-refractivity contribution is 5.80. The standard InChI is InChI=1S/C16H12N6O.H2/c17-15-14(16-19-11-3-1-2-4-12(11)20-16)21-13(9-18-15)22-7-5-10(23)6-8-22;/h1-9H,(H2,17,18)(H,19,20);1H. The number of para-hydroxylation sites is 2. The van der Waals surface area contributed by atoms with E-state index >= 15 is 0 Å². The van der Waals surface area contributed by atoms with Gasteiger partial charge in [-0.25, -0.2) is 15.0 Å². The molecule has 0 fully saturated rings. The minimum Gasteiger partial charge on any atom is -0.382 e. The first-order chi connectivity index (χ1) is 11.2. The largest absolute Gasteiger partial charge is 0.382 e. The Morgan fingerprint density at radius 2 is 1.87 bits per heavy atom. The number of fused-ring (bicyclic) bond motifs is 1. The predicted molar refractivity (Wildman–Crippen MR) is 89.2 cm³/mol. The lowest BCUT2D eigenvalue weighted by Gasteiger charge is -2.07. The average Bonchev–Trinajstić information content (AvgIpc) is 3.00. The molecule has 3 aromatic heterocycles. The number of pyridine rings is 1. The number of benzene rings is 1. The quantitative estimate of drug-likeness (QED) is 0.589. The molecule has 0 aliphatic carbocycles. The summed E-state index contributed by atoms with van der Waals surface area (Å²) in [4.78, 5) is 27.6. The summed E-state index contributed by atoms with van der Waals surface area (Å²) in [6, 6.07) is 10.6. The van der Waals surface area contributed by atoms with Crippen molar-refractivity contribution < 1.29 is 1.43 Å². The summed E-state index contributed by atoms with van der Waals surface area (Å²) >= 11 is 0. The van der Waals surface area contributed by atoms with Crippen LogP contribution in [-0.2, 0) is 0 Å². The van der Waals surface area contributed by atoms with E-state index in [4.69, 9.17) is 5.73 Å². The van der Waals surface area contributed by atoms with Crippen LogP contribution in [0.1, 0.15) is 1.43 Å². The van der Waals surface area contributed by atoms with Gasteiger partial charge in [0.2, 0.25) is 0 Å². The topological polar surface area (TPSA) is 102 Å². The van der Waals surface area contributed by atoms with E-state index in [0.717, 1.165) is 11.0 Å². The first kappa shape index (κ1) is 13.2. The van der Waals surface area contributed by atoms with Crippen molar-refractivity contribution in [1.29, 1.82) is 0 Å². The summed E-state index contributed by atoms with van der Waals surface area (Å²) in [5, 5.41) is 0. The van der Waals surface area contributed by atoms with Gasteiger partial charge in [0.1, 0.15) is 0 Å². The van der Waals surface area contributed by atoms with Crippen LogP contribution in [0.4, 0.5) is 5.82 Å². The van der Waals surface area contributed by atoms with Gasteiger partial charge in [0.15, 0.2) is 28.6 Å². The van der Waals surface area contributed by atoms with Gasteiger partial charge in [0, 0.05) is 26.0 Å². The molecule has 7 heteroatoms. The summed E-state index contributed by atoms with van der Waals surface area (Å²) in [5.74, 6) is 1.39. The molecule has 0 aliphatic rings. The zero-order valence-corrected chi connectivity index (χ0v) is 12.0. The van der Waals surface area contributed by atoms with Crippen molar-refractivity contribution in [2.75, 3.05) is 5.73 Å². The monoisotopic (exact) mass is 306 g/mol. The fraction of sp³-hybridized carbons (Fsp3) is 0. The molecule has 4 rings (SSSR count). The second kappa shape index (κ2) is 5.06. The van der Waals surface area contributed by atoms with Crippen molar-refractivity contribution >= 4 is 16.9 Å². The van der Waals surface area contributed by atoms with E-state index < -0.39 is 0 Å². The number of hydrogen-bond donors (Lipinski definition) is 2. The lowest BCUT2D eigenvalue weighted by Crippen LogP contribution is -2.06. The van der Waals surface area contributed by atoms with Crippen LogP contribution in [-0.4, -0.2) is 24.5 Å². The molecule has 0 atom stereocenters. The van der Waals surface area contributed by atoms with E-state index in [1.165, 1.54) is 12.1 Å². The molecule has 0 aliphatic heterocycles. The van der Waals surface area contributed by atoms with Gasteiger partial charge < -0.3 is 15.3 Å². The van der Waals surface area contributed by atoms with Gasteiger partial charge in [-0.15, -0.1) is 0 Å². The molecule has 1 aromatic carbocycles. The van der Waals surface area contributed by atoms with E-state index in [1.54, 1.807) is 23.2 Å². The lowest BCUT2D eigenvalue weighted by molar-refractivity contribution is 0.961. The molecule has 0 spiro atoms. The maximum absolute atomic E-state index is 11.2. The highest BCUT2D eigenvalue weighted by atomic mass is 16.1. The molecule has 23 heavy (non-hydrogen) atoms. The van der Waals surface area contributed by atoms with E-state index in [9.17, 15) is 4.79 Å². The molecule has 3 heterocycles. The average molecular weight is 306 g/mol. The number of nitrogens with one attached hydrogen (secondary N) is 1. The van der Waals surface area contributed by atoms with Gasteiger partial charge in [-0.2, -0.15) is 0 Å². The van der Waals surface area contributed by atoms with Crippen molar-refractivity contribution in [3.8, 4) is 17.3 Å². The molecule has 0 radical (unpaired) electrons. The number of aromatic nitrogens is 5. The number of nitrogens with zero attached hydrogens (tertiary/aromatic N) is 4. The van der Waals surface area contributed by atoms with E-state index in [0.29, 0.717) is 17.3 Å². The Morgan fingerprint density at radius 1 is 1.09 bits per heavy atom. The van der Waals surface area contributed by atoms with Crippen LogP contribution in [0.5, 0.6) is 0 Å². The molecule has 0 saturated carbocycles. The van der Waals surface area contributed by atoms with Crippen molar-refractivity contribution in [2.45, 2.75) is 0 Å². The maximum atomic E-state index is 11.2. The summed E-state index contributed by atoms with van der Waals surface area (Å²) in [6.07, 6.45) is 4.81. The number of H-pyrrole nitrogens is 1. The van der Waals surface area contributed by atoms with Gasteiger partial charge in [-0.05, 0) is 12.1 Å². The van der Waals surface area contributed by atoms with Gasteiger partial charge in [-0.3, -0.25) is 4.79 Å². The SMILES string of the molecule is Nc1ncc(-n2ccc(=O)cc2)nc1-c1nc2ccccc2[nH]1.[HH]. The van der Waals surface area contributed by atoms with Crippen LogP contribution >= 0.6 is 0 Å². The molecule has 3 N–H and O–H groups in total. The van der Waals surface area contributed by atoms with Crippen LogP contribution in [0.15, 0.2) is 59.8 Å². The second-order valence-corrected chi connectivity index (χ2v) is 5.01. The molecule has 0 amide bonds. The second-order valence-electron chi connectivity index (χ2n) is 5.01. The van der Waals surface area contributed by atoms with E-state index in [1.807, 2.05) is 24.3 Å². The highest BCUT2D eigenvalue weighted by Gasteiger charge is 2.12. The minimum atomic E-state index is -0.0674. The Kier molecular flexibility index (Phi) is 2.90. The molecule has 114 valence electrons. The van der Waals surface area contributed by atoms with Crippen molar-refractivity contribution in [3.05, 3.63) is 65.2 Å². The van der Waals surface area contributed by atoms with Crippen LogP contribution in [0.25, 0.3) is 28.4 Å². The minimum absolute atomic E-state index is 0. The summed E-state index contributed by atoms with van der Waals surface area (Å²) in [6.45, 7) is 0. The van der Waals surface area contributed by atoms with Crippen LogP contribution in [0.3, 0.4) is 0 Å². The number of imidazole rings is 1. The van der Waals surface area contributed by atoms with Gasteiger partial charge >= 0.3 is 0 Å². The number of hydrogen-bond acceptors (Lipinski definition) is 5. The van der Waals surface area contributed by atoms with Crippen LogP contribution < -0.4 is 11.2 Å². The Morgan fingerprint density at radius 3 is 2.65 bits per heavy atom. The van der Waals surface area contributed by atoms with Gasteiger partial charge in [0.05, 0.1) is 17.2 Å². The molecule has 0 bridgehead atoms. The zero-order valence-electron chi connectivity index (χ0n) is 12.0. The Labute approximate surface area is 132 Å². The van der Waals surface area contributed by atoms with Crippen molar-refractivity contribution in [1.82, 2.24) is 24.5 Å².